The van der Waals surface area contributed by atoms with Crippen molar-refractivity contribution in [3.63, 3.8) is 0 Å². The number of nitrogens with zero attached hydrogens (tertiary/aromatic N) is 2. The van der Waals surface area contributed by atoms with Gasteiger partial charge in [-0.05, 0) is 31.0 Å². The second kappa shape index (κ2) is 10.3. The average Bonchev–Trinajstić information content (AvgIpc) is 2.96. The van der Waals surface area contributed by atoms with Gasteiger partial charge in [0.1, 0.15) is 0 Å². The van der Waals surface area contributed by atoms with Gasteiger partial charge in [0.15, 0.2) is 0 Å². The SMILES string of the molecule is C=CCN(CC=C)C(=O)CNc1cccc(S(=O)(=O)N2CCCCCC2)c1. The molecule has 1 heterocycles. The van der Waals surface area contributed by atoms with Crippen molar-refractivity contribution in [1.82, 2.24) is 9.21 Å². The Bertz CT molecular complexity index is 743. The minimum Gasteiger partial charge on any atom is -0.376 e. The normalized spacial score (nSPS) is 15.6. The van der Waals surface area contributed by atoms with Gasteiger partial charge in [0.25, 0.3) is 0 Å². The van der Waals surface area contributed by atoms with Gasteiger partial charge in [0.05, 0.1) is 11.4 Å². The molecule has 1 N–H and O–H groups in total. The van der Waals surface area contributed by atoms with E-state index in [1.165, 1.54) is 0 Å². The van der Waals surface area contributed by atoms with Crippen LogP contribution < -0.4 is 5.32 Å². The van der Waals surface area contributed by atoms with Crippen molar-refractivity contribution in [2.24, 2.45) is 0 Å². The van der Waals surface area contributed by atoms with Crippen LogP contribution in [-0.4, -0.2) is 56.3 Å². The molecule has 6 nitrogen and oxygen atoms in total. The molecule has 7 heteroatoms. The van der Waals surface area contributed by atoms with E-state index >= 15 is 0 Å². The lowest BCUT2D eigenvalue weighted by atomic mass is 10.2. The van der Waals surface area contributed by atoms with E-state index in [4.69, 9.17) is 0 Å². The highest BCUT2D eigenvalue weighted by Crippen LogP contribution is 2.22. The summed E-state index contributed by atoms with van der Waals surface area (Å²) in [6.45, 7) is 9.40. The molecule has 0 aliphatic carbocycles. The van der Waals surface area contributed by atoms with E-state index in [-0.39, 0.29) is 17.3 Å². The molecule has 27 heavy (non-hydrogen) atoms. The van der Waals surface area contributed by atoms with Crippen molar-refractivity contribution in [1.29, 1.82) is 0 Å². The zero-order chi connectivity index (χ0) is 19.7. The molecule has 1 saturated heterocycles. The zero-order valence-electron chi connectivity index (χ0n) is 15.8. The third-order valence-electron chi connectivity index (χ3n) is 4.53. The van der Waals surface area contributed by atoms with Crippen molar-refractivity contribution in [3.05, 3.63) is 49.6 Å². The first-order valence-electron chi connectivity index (χ1n) is 9.32. The van der Waals surface area contributed by atoms with Crippen molar-refractivity contribution < 1.29 is 13.2 Å². The van der Waals surface area contributed by atoms with Gasteiger partial charge in [-0.1, -0.05) is 31.1 Å². The molecule has 1 aliphatic heterocycles. The van der Waals surface area contributed by atoms with Crippen LogP contribution in [0.1, 0.15) is 25.7 Å². The molecule has 0 unspecified atom stereocenters. The number of hydrogen-bond donors (Lipinski definition) is 1. The molecule has 1 aromatic rings. The number of nitrogens with one attached hydrogen (secondary N) is 1. The summed E-state index contributed by atoms with van der Waals surface area (Å²) in [5.74, 6) is -0.101. The van der Waals surface area contributed by atoms with E-state index in [1.807, 2.05) is 0 Å². The summed E-state index contributed by atoms with van der Waals surface area (Å²) in [7, 11) is -3.51. The molecule has 1 aromatic carbocycles. The van der Waals surface area contributed by atoms with Crippen LogP contribution in [0.5, 0.6) is 0 Å². The van der Waals surface area contributed by atoms with Gasteiger partial charge in [-0.15, -0.1) is 13.2 Å². The number of carbonyl (C=O) groups excluding carboxylic acids is 1. The summed E-state index contributed by atoms with van der Waals surface area (Å²) in [4.78, 5) is 14.2. The Labute approximate surface area is 162 Å². The van der Waals surface area contributed by atoms with Crippen LogP contribution in [-0.2, 0) is 14.8 Å². The van der Waals surface area contributed by atoms with Gasteiger partial charge < -0.3 is 10.2 Å². The Hall–Kier alpha value is -2.12. The summed E-state index contributed by atoms with van der Waals surface area (Å²) in [5.41, 5.74) is 0.608. The molecule has 0 aromatic heterocycles. The molecule has 0 atom stereocenters. The lowest BCUT2D eigenvalue weighted by Crippen LogP contribution is -2.35. The first-order valence-corrected chi connectivity index (χ1v) is 10.8. The van der Waals surface area contributed by atoms with Crippen molar-refractivity contribution in [3.8, 4) is 0 Å². The Morgan fingerprint density at radius 3 is 2.33 bits per heavy atom. The molecular formula is C20H29N3O3S. The molecule has 0 radical (unpaired) electrons. The molecule has 0 spiro atoms. The monoisotopic (exact) mass is 391 g/mol. The van der Waals surface area contributed by atoms with Crippen LogP contribution in [0.2, 0.25) is 0 Å². The highest BCUT2D eigenvalue weighted by atomic mass is 32.2. The minimum atomic E-state index is -3.51. The van der Waals surface area contributed by atoms with E-state index in [2.05, 4.69) is 18.5 Å². The van der Waals surface area contributed by atoms with Crippen LogP contribution in [0, 0.1) is 0 Å². The van der Waals surface area contributed by atoms with Gasteiger partial charge in [0, 0.05) is 31.9 Å². The Morgan fingerprint density at radius 1 is 1.11 bits per heavy atom. The summed E-state index contributed by atoms with van der Waals surface area (Å²) in [6, 6.07) is 6.66. The van der Waals surface area contributed by atoms with Crippen molar-refractivity contribution in [2.75, 3.05) is 38.0 Å². The fourth-order valence-electron chi connectivity index (χ4n) is 3.08. The molecule has 2 rings (SSSR count). The molecule has 1 amide bonds. The van der Waals surface area contributed by atoms with Gasteiger partial charge >= 0.3 is 0 Å². The van der Waals surface area contributed by atoms with Gasteiger partial charge in [-0.25, -0.2) is 8.42 Å². The molecule has 0 bridgehead atoms. The highest BCUT2D eigenvalue weighted by molar-refractivity contribution is 7.89. The van der Waals surface area contributed by atoms with Crippen LogP contribution in [0.25, 0.3) is 0 Å². The van der Waals surface area contributed by atoms with E-state index in [9.17, 15) is 13.2 Å². The number of benzene rings is 1. The first-order chi connectivity index (χ1) is 13.0. The zero-order valence-corrected chi connectivity index (χ0v) is 16.6. The maximum Gasteiger partial charge on any atom is 0.243 e. The summed E-state index contributed by atoms with van der Waals surface area (Å²) < 4.78 is 27.4. The molecule has 0 saturated carbocycles. The molecular weight excluding hydrogens is 362 g/mol. The maximum absolute atomic E-state index is 12.9. The fraction of sp³-hybridized carbons (Fsp3) is 0.450. The number of hydrogen-bond acceptors (Lipinski definition) is 4. The fourth-order valence-corrected chi connectivity index (χ4v) is 4.64. The smallest absolute Gasteiger partial charge is 0.243 e. The summed E-state index contributed by atoms with van der Waals surface area (Å²) in [5, 5.41) is 3.03. The van der Waals surface area contributed by atoms with Gasteiger partial charge in [-0.3, -0.25) is 4.79 Å². The lowest BCUT2D eigenvalue weighted by molar-refractivity contribution is -0.128. The predicted octanol–water partition coefficient (Wildman–Crippen LogP) is 2.86. The quantitative estimate of drug-likeness (QED) is 0.657. The van der Waals surface area contributed by atoms with E-state index in [1.54, 1.807) is 45.6 Å². The Morgan fingerprint density at radius 2 is 1.74 bits per heavy atom. The van der Waals surface area contributed by atoms with Crippen molar-refractivity contribution in [2.45, 2.75) is 30.6 Å². The largest absolute Gasteiger partial charge is 0.376 e. The molecule has 1 fully saturated rings. The third kappa shape index (κ3) is 5.94. The number of sulfonamides is 1. The molecule has 1 aliphatic rings. The van der Waals surface area contributed by atoms with Crippen molar-refractivity contribution >= 4 is 21.6 Å². The Kier molecular flexibility index (Phi) is 8.06. The number of rotatable bonds is 9. The standard InChI is InChI=1S/C20H29N3O3S/c1-3-12-22(13-4-2)20(24)17-21-18-10-9-11-19(16-18)27(25,26)23-14-7-5-6-8-15-23/h3-4,9-11,16,21H,1-2,5-8,12-15,17H2. The third-order valence-corrected chi connectivity index (χ3v) is 6.43. The van der Waals surface area contributed by atoms with Gasteiger partial charge in [-0.2, -0.15) is 4.31 Å². The van der Waals surface area contributed by atoms with E-state index < -0.39 is 10.0 Å². The molecule has 148 valence electrons. The summed E-state index contributed by atoms with van der Waals surface area (Å²) in [6.07, 6.45) is 7.26. The second-order valence-electron chi connectivity index (χ2n) is 6.58. The van der Waals surface area contributed by atoms with E-state index in [0.717, 1.165) is 25.7 Å². The van der Waals surface area contributed by atoms with Gasteiger partial charge in [0.2, 0.25) is 15.9 Å². The van der Waals surface area contributed by atoms with Crippen LogP contribution in [0.3, 0.4) is 0 Å². The second-order valence-corrected chi connectivity index (χ2v) is 8.51. The van der Waals surface area contributed by atoms with Crippen LogP contribution in [0.4, 0.5) is 5.69 Å². The lowest BCUT2D eigenvalue weighted by Gasteiger charge is -2.21. The topological polar surface area (TPSA) is 69.7 Å². The van der Waals surface area contributed by atoms with Crippen LogP contribution >= 0.6 is 0 Å². The summed E-state index contributed by atoms with van der Waals surface area (Å²) >= 11 is 0. The average molecular weight is 392 g/mol. The Balaban J connectivity index is 2.07. The number of carbonyl (C=O) groups is 1. The first kappa shape index (κ1) is 21.2. The maximum atomic E-state index is 12.9. The number of amides is 1. The highest BCUT2D eigenvalue weighted by Gasteiger charge is 2.25. The minimum absolute atomic E-state index is 0.0783. The van der Waals surface area contributed by atoms with E-state index in [0.29, 0.717) is 31.9 Å². The number of anilines is 1. The van der Waals surface area contributed by atoms with Crippen LogP contribution in [0.15, 0.2) is 54.5 Å². The predicted molar refractivity (Wildman–Crippen MR) is 109 cm³/mol.